The second-order valence-corrected chi connectivity index (χ2v) is 9.26. The second-order valence-electron chi connectivity index (χ2n) is 6.59. The molecule has 0 saturated heterocycles. The van der Waals surface area contributed by atoms with Gasteiger partial charge in [-0.15, -0.1) is 11.3 Å². The van der Waals surface area contributed by atoms with Crippen molar-refractivity contribution in [2.75, 3.05) is 5.75 Å². The van der Waals surface area contributed by atoms with Gasteiger partial charge in [-0.3, -0.25) is 4.79 Å². The number of carbonyl (C=O) groups excluding carboxylic acids is 1. The highest BCUT2D eigenvalue weighted by molar-refractivity contribution is 7.99. The fourth-order valence-electron chi connectivity index (χ4n) is 2.97. The average Bonchev–Trinajstić information content (AvgIpc) is 3.31. The van der Waals surface area contributed by atoms with Gasteiger partial charge < -0.3 is 4.57 Å². The third-order valence-electron chi connectivity index (χ3n) is 4.38. The van der Waals surface area contributed by atoms with Crippen LogP contribution in [0.3, 0.4) is 0 Å². The van der Waals surface area contributed by atoms with E-state index in [1.165, 1.54) is 16.6 Å². The summed E-state index contributed by atoms with van der Waals surface area (Å²) in [5.41, 5.74) is 5.48. The number of nitrogens with zero attached hydrogens (tertiary/aromatic N) is 3. The van der Waals surface area contributed by atoms with Crippen LogP contribution in [0.25, 0.3) is 11.0 Å². The van der Waals surface area contributed by atoms with Crippen LogP contribution in [-0.4, -0.2) is 27.4 Å². The van der Waals surface area contributed by atoms with Crippen molar-refractivity contribution in [1.82, 2.24) is 15.0 Å². The number of aromatic nitrogens is 2. The summed E-state index contributed by atoms with van der Waals surface area (Å²) in [5, 5.41) is 5.52. The average molecular weight is 455 g/mol. The molecule has 0 radical (unpaired) electrons. The molecule has 0 unspecified atom stereocenters. The van der Waals surface area contributed by atoms with Gasteiger partial charge in [-0.05, 0) is 42.8 Å². The van der Waals surface area contributed by atoms with Crippen molar-refractivity contribution in [1.29, 1.82) is 0 Å². The van der Waals surface area contributed by atoms with E-state index in [4.69, 9.17) is 16.6 Å². The minimum atomic E-state index is -0.180. The quantitative estimate of drug-likeness (QED) is 0.232. The molecule has 2 aromatic carbocycles. The highest BCUT2D eigenvalue weighted by Crippen LogP contribution is 2.27. The number of nitrogens with one attached hydrogen (secondary N) is 1. The Bertz CT molecular complexity index is 1210. The lowest BCUT2D eigenvalue weighted by atomic mass is 10.2. The van der Waals surface area contributed by atoms with Crippen molar-refractivity contribution in [3.05, 3.63) is 81.0 Å². The molecule has 0 fully saturated rings. The Labute approximate surface area is 187 Å². The van der Waals surface area contributed by atoms with Gasteiger partial charge in [0.15, 0.2) is 5.16 Å². The molecule has 4 rings (SSSR count). The summed E-state index contributed by atoms with van der Waals surface area (Å²) in [7, 11) is 0. The van der Waals surface area contributed by atoms with Crippen LogP contribution in [0.1, 0.15) is 15.3 Å². The molecule has 0 aliphatic heterocycles. The van der Waals surface area contributed by atoms with Crippen LogP contribution >= 0.6 is 34.7 Å². The van der Waals surface area contributed by atoms with E-state index >= 15 is 0 Å². The first-order valence-electron chi connectivity index (χ1n) is 9.30. The molecule has 5 nitrogen and oxygen atoms in total. The van der Waals surface area contributed by atoms with Crippen molar-refractivity contribution in [3.63, 3.8) is 0 Å². The number of fused-ring (bicyclic) bond motifs is 1. The number of hydrogen-bond acceptors (Lipinski definition) is 5. The SMILES string of the molecule is Cc1ccc(C=NNC(=O)CSc2nc3ccccc3n2Cc2ccccc2Cl)s1. The summed E-state index contributed by atoms with van der Waals surface area (Å²) in [4.78, 5) is 19.2. The number of rotatable bonds is 7. The lowest BCUT2D eigenvalue weighted by Gasteiger charge is -2.10. The summed E-state index contributed by atoms with van der Waals surface area (Å²) in [5.74, 6) is 0.0352. The Kier molecular flexibility index (Phi) is 6.52. The van der Waals surface area contributed by atoms with Crippen LogP contribution in [-0.2, 0) is 11.3 Å². The molecular formula is C22H19ClN4OS2. The maximum Gasteiger partial charge on any atom is 0.250 e. The van der Waals surface area contributed by atoms with Crippen molar-refractivity contribution >= 4 is 57.9 Å². The molecule has 0 saturated carbocycles. The first kappa shape index (κ1) is 20.7. The Morgan fingerprint density at radius 1 is 1.20 bits per heavy atom. The lowest BCUT2D eigenvalue weighted by Crippen LogP contribution is -2.20. The number of aryl methyl sites for hydroxylation is 1. The predicted molar refractivity (Wildman–Crippen MR) is 126 cm³/mol. The van der Waals surface area contributed by atoms with Gasteiger partial charge >= 0.3 is 0 Å². The molecular weight excluding hydrogens is 436 g/mol. The second kappa shape index (κ2) is 9.47. The van der Waals surface area contributed by atoms with Crippen LogP contribution < -0.4 is 5.43 Å². The summed E-state index contributed by atoms with van der Waals surface area (Å²) in [6.07, 6.45) is 1.66. The van der Waals surface area contributed by atoms with E-state index in [0.29, 0.717) is 11.6 Å². The molecule has 0 atom stereocenters. The summed E-state index contributed by atoms with van der Waals surface area (Å²) >= 11 is 9.37. The number of halogens is 1. The molecule has 1 N–H and O–H groups in total. The zero-order chi connectivity index (χ0) is 20.9. The highest BCUT2D eigenvalue weighted by Gasteiger charge is 2.14. The van der Waals surface area contributed by atoms with Gasteiger partial charge in [-0.1, -0.05) is 53.7 Å². The number of hydrazone groups is 1. The molecule has 152 valence electrons. The van der Waals surface area contributed by atoms with Crippen LogP contribution in [0.5, 0.6) is 0 Å². The van der Waals surface area contributed by atoms with Crippen molar-refractivity contribution in [2.24, 2.45) is 5.10 Å². The Balaban J connectivity index is 1.47. The molecule has 1 amide bonds. The topological polar surface area (TPSA) is 59.3 Å². The van der Waals surface area contributed by atoms with E-state index in [1.54, 1.807) is 17.6 Å². The smallest absolute Gasteiger partial charge is 0.250 e. The molecule has 0 spiro atoms. The minimum Gasteiger partial charge on any atom is -0.314 e. The number of hydrogen-bond donors (Lipinski definition) is 1. The monoisotopic (exact) mass is 454 g/mol. The van der Waals surface area contributed by atoms with Gasteiger partial charge in [0.25, 0.3) is 5.91 Å². The predicted octanol–water partition coefficient (Wildman–Crippen LogP) is 5.35. The summed E-state index contributed by atoms with van der Waals surface area (Å²) in [6, 6.07) is 19.7. The number of thiophene rings is 1. The molecule has 0 aliphatic rings. The van der Waals surface area contributed by atoms with Crippen LogP contribution in [0, 0.1) is 6.92 Å². The Morgan fingerprint density at radius 3 is 2.80 bits per heavy atom. The van der Waals surface area contributed by atoms with Crippen molar-refractivity contribution in [2.45, 2.75) is 18.6 Å². The fraction of sp³-hybridized carbons (Fsp3) is 0.136. The number of para-hydroxylation sites is 2. The summed E-state index contributed by atoms with van der Waals surface area (Å²) < 4.78 is 2.09. The van der Waals surface area contributed by atoms with E-state index < -0.39 is 0 Å². The van der Waals surface area contributed by atoms with Gasteiger partial charge in [0.05, 0.1) is 29.5 Å². The molecule has 2 aromatic heterocycles. The Morgan fingerprint density at radius 2 is 2.00 bits per heavy atom. The maximum atomic E-state index is 12.3. The number of thioether (sulfide) groups is 1. The molecule has 4 aromatic rings. The molecule has 0 bridgehead atoms. The maximum absolute atomic E-state index is 12.3. The number of amides is 1. The van der Waals surface area contributed by atoms with Gasteiger partial charge in [0.1, 0.15) is 0 Å². The molecule has 8 heteroatoms. The van der Waals surface area contributed by atoms with E-state index in [2.05, 4.69) is 15.1 Å². The van der Waals surface area contributed by atoms with E-state index in [9.17, 15) is 4.79 Å². The standard InChI is InChI=1S/C22H19ClN4OS2/c1-15-10-11-17(30-15)12-24-26-21(28)14-29-22-25-19-8-4-5-9-20(19)27(22)13-16-6-2-3-7-18(16)23/h2-12H,13-14H2,1H3,(H,26,28). The zero-order valence-electron chi connectivity index (χ0n) is 16.2. The lowest BCUT2D eigenvalue weighted by molar-refractivity contribution is -0.118. The number of imidazole rings is 1. The molecule has 2 heterocycles. The van der Waals surface area contributed by atoms with Gasteiger partial charge in [-0.2, -0.15) is 5.10 Å². The normalized spacial score (nSPS) is 11.4. The number of carbonyl (C=O) groups is 1. The van der Waals surface area contributed by atoms with E-state index in [-0.39, 0.29) is 11.7 Å². The van der Waals surface area contributed by atoms with Crippen molar-refractivity contribution < 1.29 is 4.79 Å². The van der Waals surface area contributed by atoms with Gasteiger partial charge in [-0.25, -0.2) is 10.4 Å². The van der Waals surface area contributed by atoms with Gasteiger partial charge in [0, 0.05) is 14.8 Å². The highest BCUT2D eigenvalue weighted by atomic mass is 35.5. The third kappa shape index (κ3) is 4.92. The third-order valence-corrected chi connectivity index (χ3v) is 6.66. The van der Waals surface area contributed by atoms with E-state index in [0.717, 1.165) is 26.6 Å². The van der Waals surface area contributed by atoms with Crippen LogP contribution in [0.2, 0.25) is 5.02 Å². The molecule has 30 heavy (non-hydrogen) atoms. The van der Waals surface area contributed by atoms with Crippen LogP contribution in [0.15, 0.2) is 70.9 Å². The largest absolute Gasteiger partial charge is 0.314 e. The molecule has 0 aliphatic carbocycles. The van der Waals surface area contributed by atoms with E-state index in [1.807, 2.05) is 67.6 Å². The van der Waals surface area contributed by atoms with Crippen LogP contribution in [0.4, 0.5) is 0 Å². The van der Waals surface area contributed by atoms with Gasteiger partial charge in [0.2, 0.25) is 0 Å². The fourth-order valence-corrected chi connectivity index (χ4v) is 4.72. The first-order chi connectivity index (χ1) is 14.6. The summed E-state index contributed by atoms with van der Waals surface area (Å²) in [6.45, 7) is 2.62. The zero-order valence-corrected chi connectivity index (χ0v) is 18.6. The van der Waals surface area contributed by atoms with Crippen molar-refractivity contribution in [3.8, 4) is 0 Å². The Hall–Kier alpha value is -2.61. The minimum absolute atomic E-state index is 0.180. The first-order valence-corrected chi connectivity index (χ1v) is 11.5. The number of benzene rings is 2.